The van der Waals surface area contributed by atoms with Gasteiger partial charge in [-0.2, -0.15) is 4.98 Å². The molecule has 1 amide bonds. The van der Waals surface area contributed by atoms with Crippen LogP contribution in [0.4, 0.5) is 0 Å². The van der Waals surface area contributed by atoms with Crippen molar-refractivity contribution in [3.05, 3.63) is 35.2 Å². The highest BCUT2D eigenvalue weighted by Crippen LogP contribution is 2.30. The molecule has 2 fully saturated rings. The van der Waals surface area contributed by atoms with Crippen LogP contribution in [0.1, 0.15) is 76.5 Å². The minimum absolute atomic E-state index is 0.245. The second-order valence-corrected chi connectivity index (χ2v) is 8.96. The van der Waals surface area contributed by atoms with Crippen molar-refractivity contribution in [1.29, 1.82) is 0 Å². The summed E-state index contributed by atoms with van der Waals surface area (Å²) in [4.78, 5) is 19.7. The SMILES string of the molecule is O=C(CCC1CCCC1)N(Cc1nc(-c2ccc(Cl)cc2)no1)C1CCCCC1. The Kier molecular flexibility index (Phi) is 6.86. The molecule has 0 saturated heterocycles. The third-order valence-corrected chi connectivity index (χ3v) is 6.71. The molecule has 2 aliphatic rings. The summed E-state index contributed by atoms with van der Waals surface area (Å²) in [5, 5.41) is 4.79. The Morgan fingerprint density at radius 3 is 2.45 bits per heavy atom. The van der Waals surface area contributed by atoms with Crippen molar-refractivity contribution < 1.29 is 9.32 Å². The predicted molar refractivity (Wildman–Crippen MR) is 113 cm³/mol. The van der Waals surface area contributed by atoms with E-state index in [1.54, 1.807) is 0 Å². The number of benzene rings is 1. The number of nitrogens with zero attached hydrogens (tertiary/aromatic N) is 3. The Morgan fingerprint density at radius 2 is 1.72 bits per heavy atom. The first-order chi connectivity index (χ1) is 14.2. The van der Waals surface area contributed by atoms with Crippen LogP contribution in [0, 0.1) is 5.92 Å². The minimum atomic E-state index is 0.245. The number of aromatic nitrogens is 2. The van der Waals surface area contributed by atoms with Gasteiger partial charge in [0.15, 0.2) is 0 Å². The summed E-state index contributed by atoms with van der Waals surface area (Å²) in [5.74, 6) is 2.02. The fourth-order valence-corrected chi connectivity index (χ4v) is 4.89. The minimum Gasteiger partial charge on any atom is -0.337 e. The van der Waals surface area contributed by atoms with Crippen molar-refractivity contribution in [3.8, 4) is 11.4 Å². The lowest BCUT2D eigenvalue weighted by Crippen LogP contribution is -2.41. The predicted octanol–water partition coefficient (Wildman–Crippen LogP) is 6.02. The molecule has 2 aromatic rings. The van der Waals surface area contributed by atoms with Gasteiger partial charge in [0.2, 0.25) is 17.6 Å². The Hall–Kier alpha value is -1.88. The van der Waals surface area contributed by atoms with E-state index in [9.17, 15) is 4.79 Å². The zero-order valence-corrected chi connectivity index (χ0v) is 17.7. The van der Waals surface area contributed by atoms with Crippen LogP contribution < -0.4 is 0 Å². The molecule has 0 N–H and O–H groups in total. The van der Waals surface area contributed by atoms with Crippen molar-refractivity contribution in [2.45, 2.75) is 83.2 Å². The lowest BCUT2D eigenvalue weighted by atomic mass is 9.93. The number of carbonyl (C=O) groups excluding carboxylic acids is 1. The van der Waals surface area contributed by atoms with Crippen LogP contribution in [0.2, 0.25) is 5.02 Å². The molecule has 156 valence electrons. The van der Waals surface area contributed by atoms with E-state index in [1.165, 1.54) is 44.9 Å². The summed E-state index contributed by atoms with van der Waals surface area (Å²) in [6, 6.07) is 7.68. The Morgan fingerprint density at radius 1 is 1.03 bits per heavy atom. The first kappa shape index (κ1) is 20.4. The van der Waals surface area contributed by atoms with Gasteiger partial charge < -0.3 is 9.42 Å². The number of amides is 1. The van der Waals surface area contributed by atoms with Gasteiger partial charge in [-0.05, 0) is 49.4 Å². The van der Waals surface area contributed by atoms with Gasteiger partial charge in [0.25, 0.3) is 0 Å². The number of rotatable bonds is 7. The lowest BCUT2D eigenvalue weighted by Gasteiger charge is -2.33. The topological polar surface area (TPSA) is 59.2 Å². The molecule has 0 aliphatic heterocycles. The third-order valence-electron chi connectivity index (χ3n) is 6.45. The molecule has 1 aromatic heterocycles. The van der Waals surface area contributed by atoms with Crippen LogP contribution in [0.3, 0.4) is 0 Å². The maximum absolute atomic E-state index is 13.1. The fourth-order valence-electron chi connectivity index (χ4n) is 4.76. The van der Waals surface area contributed by atoms with E-state index in [0.717, 1.165) is 30.7 Å². The Labute approximate surface area is 177 Å². The average molecular weight is 416 g/mol. The molecular formula is C23H30ClN3O2. The third kappa shape index (κ3) is 5.39. The van der Waals surface area contributed by atoms with Crippen LogP contribution in [0.5, 0.6) is 0 Å². The van der Waals surface area contributed by atoms with Crippen LogP contribution in [-0.2, 0) is 11.3 Å². The average Bonchev–Trinajstić information content (AvgIpc) is 3.44. The van der Waals surface area contributed by atoms with Crippen LogP contribution in [-0.4, -0.2) is 27.0 Å². The monoisotopic (exact) mass is 415 g/mol. The van der Waals surface area contributed by atoms with E-state index < -0.39 is 0 Å². The number of carbonyl (C=O) groups is 1. The molecule has 0 bridgehead atoms. The van der Waals surface area contributed by atoms with E-state index in [4.69, 9.17) is 16.1 Å². The maximum atomic E-state index is 13.1. The zero-order chi connectivity index (χ0) is 20.1. The van der Waals surface area contributed by atoms with Gasteiger partial charge in [-0.25, -0.2) is 0 Å². The molecule has 5 nitrogen and oxygen atoms in total. The lowest BCUT2D eigenvalue weighted by molar-refractivity contribution is -0.135. The Balaban J connectivity index is 1.44. The first-order valence-corrected chi connectivity index (χ1v) is 11.4. The molecule has 6 heteroatoms. The standard InChI is InChI=1S/C23H30ClN3O2/c24-19-13-11-18(12-14-19)23-25-21(29-26-23)16-27(20-8-2-1-3-9-20)22(28)15-10-17-6-4-5-7-17/h11-14,17,20H,1-10,15-16H2. The summed E-state index contributed by atoms with van der Waals surface area (Å²) in [5.41, 5.74) is 0.862. The molecular weight excluding hydrogens is 386 g/mol. The maximum Gasteiger partial charge on any atom is 0.246 e. The number of hydrogen-bond acceptors (Lipinski definition) is 4. The molecule has 1 aromatic carbocycles. The van der Waals surface area contributed by atoms with Gasteiger partial charge in [-0.1, -0.05) is 61.7 Å². The molecule has 0 radical (unpaired) electrons. The molecule has 0 atom stereocenters. The summed E-state index contributed by atoms with van der Waals surface area (Å²) in [6.45, 7) is 0.411. The van der Waals surface area contributed by atoms with E-state index in [0.29, 0.717) is 35.7 Å². The molecule has 4 rings (SSSR count). The number of halogens is 1. The molecule has 1 heterocycles. The molecule has 0 spiro atoms. The normalized spacial score (nSPS) is 18.2. The quantitative estimate of drug-likeness (QED) is 0.554. The van der Waals surface area contributed by atoms with Crippen molar-refractivity contribution in [1.82, 2.24) is 15.0 Å². The van der Waals surface area contributed by atoms with Crippen molar-refractivity contribution in [2.24, 2.45) is 5.92 Å². The van der Waals surface area contributed by atoms with Crippen molar-refractivity contribution in [3.63, 3.8) is 0 Å². The summed E-state index contributed by atoms with van der Waals surface area (Å²) >= 11 is 5.96. The first-order valence-electron chi connectivity index (χ1n) is 11.1. The smallest absolute Gasteiger partial charge is 0.246 e. The van der Waals surface area contributed by atoms with E-state index in [1.807, 2.05) is 29.2 Å². The highest BCUT2D eigenvalue weighted by Gasteiger charge is 2.28. The molecule has 2 saturated carbocycles. The van der Waals surface area contributed by atoms with Gasteiger partial charge in [-0.3, -0.25) is 4.79 Å². The second-order valence-electron chi connectivity index (χ2n) is 8.52. The van der Waals surface area contributed by atoms with Gasteiger partial charge in [-0.15, -0.1) is 0 Å². The van der Waals surface area contributed by atoms with Gasteiger partial charge in [0, 0.05) is 23.0 Å². The van der Waals surface area contributed by atoms with Gasteiger partial charge in [0.1, 0.15) is 6.54 Å². The molecule has 0 unspecified atom stereocenters. The van der Waals surface area contributed by atoms with Gasteiger partial charge >= 0.3 is 0 Å². The van der Waals surface area contributed by atoms with Crippen LogP contribution in [0.25, 0.3) is 11.4 Å². The summed E-state index contributed by atoms with van der Waals surface area (Å²) < 4.78 is 5.51. The van der Waals surface area contributed by atoms with Crippen molar-refractivity contribution >= 4 is 17.5 Å². The van der Waals surface area contributed by atoms with Crippen LogP contribution >= 0.6 is 11.6 Å². The van der Waals surface area contributed by atoms with E-state index in [-0.39, 0.29) is 5.91 Å². The van der Waals surface area contributed by atoms with Gasteiger partial charge in [0.05, 0.1) is 0 Å². The van der Waals surface area contributed by atoms with Crippen LogP contribution in [0.15, 0.2) is 28.8 Å². The highest BCUT2D eigenvalue weighted by atomic mass is 35.5. The largest absolute Gasteiger partial charge is 0.337 e. The molecule has 29 heavy (non-hydrogen) atoms. The second kappa shape index (κ2) is 9.75. The van der Waals surface area contributed by atoms with Crippen molar-refractivity contribution in [2.75, 3.05) is 0 Å². The summed E-state index contributed by atoms with van der Waals surface area (Å²) in [6.07, 6.45) is 12.7. The van der Waals surface area contributed by atoms with E-state index >= 15 is 0 Å². The van der Waals surface area contributed by atoms with E-state index in [2.05, 4.69) is 10.1 Å². The number of hydrogen-bond donors (Lipinski definition) is 0. The Bertz CT molecular complexity index is 793. The molecule has 2 aliphatic carbocycles. The summed E-state index contributed by atoms with van der Waals surface area (Å²) in [7, 11) is 0. The fraction of sp³-hybridized carbons (Fsp3) is 0.609. The zero-order valence-electron chi connectivity index (χ0n) is 17.0. The highest BCUT2D eigenvalue weighted by molar-refractivity contribution is 6.30.